The van der Waals surface area contributed by atoms with E-state index in [0.717, 1.165) is 10.6 Å². The van der Waals surface area contributed by atoms with E-state index in [4.69, 9.17) is 5.26 Å². The van der Waals surface area contributed by atoms with E-state index in [9.17, 15) is 0 Å². The van der Waals surface area contributed by atoms with Gasteiger partial charge in [0.15, 0.2) is 0 Å². The number of hydrogen-bond donors (Lipinski definition) is 1. The minimum absolute atomic E-state index is 0.112. The van der Waals surface area contributed by atoms with E-state index in [1.165, 1.54) is 0 Å². The topological polar surface area (TPSA) is 52.5 Å². The summed E-state index contributed by atoms with van der Waals surface area (Å²) in [5.41, 5.74) is 0.575. The third-order valence-electron chi connectivity index (χ3n) is 2.18. The molecule has 1 N–H and O–H groups in total. The smallest absolute Gasteiger partial charge is 0.0988 e. The number of nitrogens with one attached hydrogen (secondary N) is 1. The number of aromatic amines is 1. The van der Waals surface area contributed by atoms with Crippen molar-refractivity contribution in [2.45, 2.75) is 13.8 Å². The predicted molar refractivity (Wildman–Crippen MR) is 54.2 cm³/mol. The number of hydrogen-bond acceptors (Lipinski definition) is 2. The minimum atomic E-state index is -0.112. The average molecular weight is 185 g/mol. The Morgan fingerprint density at radius 2 is 2.21 bits per heavy atom. The zero-order valence-corrected chi connectivity index (χ0v) is 8.20. The molecule has 3 nitrogen and oxygen atoms in total. The molecule has 0 fully saturated rings. The minimum Gasteiger partial charge on any atom is -0.278 e. The molecule has 0 spiro atoms. The van der Waals surface area contributed by atoms with Crippen LogP contribution < -0.4 is 10.6 Å². The number of nitriles is 1. The van der Waals surface area contributed by atoms with Crippen molar-refractivity contribution in [3.8, 4) is 6.07 Å². The summed E-state index contributed by atoms with van der Waals surface area (Å²) in [7, 11) is 0. The lowest BCUT2D eigenvalue weighted by atomic mass is 9.91. The zero-order valence-electron chi connectivity index (χ0n) is 8.20. The molecule has 1 aromatic heterocycles. The van der Waals surface area contributed by atoms with Crippen LogP contribution in [0.3, 0.4) is 0 Å². The lowest BCUT2D eigenvalue weighted by Crippen LogP contribution is -2.23. The number of nitrogens with zero attached hydrogens (tertiary/aromatic N) is 2. The molecule has 1 heterocycles. The maximum absolute atomic E-state index is 8.92. The Morgan fingerprint density at radius 3 is 2.93 bits per heavy atom. The van der Waals surface area contributed by atoms with Crippen LogP contribution in [0.2, 0.25) is 0 Å². The van der Waals surface area contributed by atoms with E-state index in [-0.39, 0.29) is 5.41 Å². The molecule has 0 saturated carbocycles. The molecule has 3 heteroatoms. The van der Waals surface area contributed by atoms with Crippen molar-refractivity contribution in [2.24, 2.45) is 5.41 Å². The molecule has 0 saturated heterocycles. The summed E-state index contributed by atoms with van der Waals surface area (Å²) in [6.07, 6.45) is 7.62. The standard InChI is InChI=1S/C11H11N3/c1-11(2)4-8(6-12)3-9-7-13-14-10(9)5-11/h3-5,7,14H,1-2H3. The van der Waals surface area contributed by atoms with Gasteiger partial charge in [0.05, 0.1) is 17.6 Å². The van der Waals surface area contributed by atoms with Crippen LogP contribution in [0.15, 0.2) is 17.8 Å². The summed E-state index contributed by atoms with van der Waals surface area (Å²) < 4.78 is 0. The Morgan fingerprint density at radius 1 is 1.43 bits per heavy atom. The number of H-pyrrole nitrogens is 1. The molecule has 1 aromatic rings. The maximum atomic E-state index is 8.92. The fraction of sp³-hybridized carbons (Fsp3) is 0.273. The van der Waals surface area contributed by atoms with Gasteiger partial charge in [-0.25, -0.2) is 0 Å². The Kier molecular flexibility index (Phi) is 1.78. The summed E-state index contributed by atoms with van der Waals surface area (Å²) in [5, 5.41) is 17.7. The van der Waals surface area contributed by atoms with Crippen LogP contribution in [-0.2, 0) is 0 Å². The molecule has 70 valence electrons. The summed E-state index contributed by atoms with van der Waals surface area (Å²) >= 11 is 0. The van der Waals surface area contributed by atoms with Crippen molar-refractivity contribution in [3.05, 3.63) is 28.4 Å². The second kappa shape index (κ2) is 2.85. The monoisotopic (exact) mass is 185 g/mol. The molecule has 0 unspecified atom stereocenters. The Hall–Kier alpha value is -1.82. The SMILES string of the molecule is CC1(C)C=C(C#N)C=c2cn[nH]c2=C1. The molecule has 0 radical (unpaired) electrons. The highest BCUT2D eigenvalue weighted by Gasteiger charge is 2.14. The zero-order chi connectivity index (χ0) is 10.2. The van der Waals surface area contributed by atoms with Gasteiger partial charge in [-0.15, -0.1) is 0 Å². The highest BCUT2D eigenvalue weighted by atomic mass is 15.1. The van der Waals surface area contributed by atoms with E-state index in [2.05, 4.69) is 36.2 Å². The van der Waals surface area contributed by atoms with Gasteiger partial charge in [0.1, 0.15) is 0 Å². The molecule has 0 aromatic carbocycles. The third-order valence-corrected chi connectivity index (χ3v) is 2.18. The van der Waals surface area contributed by atoms with Crippen LogP contribution in [0, 0.1) is 16.7 Å². The van der Waals surface area contributed by atoms with Crippen molar-refractivity contribution in [1.82, 2.24) is 10.2 Å². The van der Waals surface area contributed by atoms with E-state index in [1.54, 1.807) is 6.20 Å². The Balaban J connectivity index is 2.78. The van der Waals surface area contributed by atoms with Crippen molar-refractivity contribution >= 4 is 12.2 Å². The quantitative estimate of drug-likeness (QED) is 0.638. The van der Waals surface area contributed by atoms with Gasteiger partial charge >= 0.3 is 0 Å². The number of rotatable bonds is 0. The fourth-order valence-electron chi connectivity index (χ4n) is 1.62. The molecular formula is C11H11N3. The predicted octanol–water partition coefficient (Wildman–Crippen LogP) is 0.460. The molecular weight excluding hydrogens is 174 g/mol. The largest absolute Gasteiger partial charge is 0.278 e. The van der Waals surface area contributed by atoms with Crippen molar-refractivity contribution < 1.29 is 0 Å². The Bertz CT molecular complexity index is 538. The second-order valence-corrected chi connectivity index (χ2v) is 4.06. The van der Waals surface area contributed by atoms with Crippen LogP contribution in [0.25, 0.3) is 12.2 Å². The molecule has 0 aliphatic heterocycles. The van der Waals surface area contributed by atoms with E-state index in [1.807, 2.05) is 12.2 Å². The van der Waals surface area contributed by atoms with Gasteiger partial charge in [0.25, 0.3) is 0 Å². The number of aromatic nitrogens is 2. The molecule has 14 heavy (non-hydrogen) atoms. The van der Waals surface area contributed by atoms with Crippen LogP contribution in [0.5, 0.6) is 0 Å². The average Bonchev–Trinajstić information content (AvgIpc) is 2.45. The molecule has 1 aliphatic carbocycles. The third kappa shape index (κ3) is 1.47. The van der Waals surface area contributed by atoms with Gasteiger partial charge in [-0.1, -0.05) is 19.9 Å². The van der Waals surface area contributed by atoms with Gasteiger partial charge in [-0.2, -0.15) is 10.4 Å². The van der Waals surface area contributed by atoms with Crippen LogP contribution in [-0.4, -0.2) is 10.2 Å². The molecule has 1 aliphatic rings. The van der Waals surface area contributed by atoms with E-state index in [0.29, 0.717) is 5.57 Å². The second-order valence-electron chi connectivity index (χ2n) is 4.06. The number of allylic oxidation sites excluding steroid dienone is 2. The highest BCUT2D eigenvalue weighted by molar-refractivity contribution is 5.59. The summed E-state index contributed by atoms with van der Waals surface area (Å²) in [4.78, 5) is 0. The van der Waals surface area contributed by atoms with Crippen LogP contribution in [0.1, 0.15) is 13.8 Å². The van der Waals surface area contributed by atoms with Crippen molar-refractivity contribution in [1.29, 1.82) is 5.26 Å². The molecule has 2 rings (SSSR count). The van der Waals surface area contributed by atoms with Gasteiger partial charge < -0.3 is 0 Å². The maximum Gasteiger partial charge on any atom is 0.0988 e. The molecule has 0 amide bonds. The lowest BCUT2D eigenvalue weighted by Gasteiger charge is -2.12. The first-order chi connectivity index (χ1) is 6.61. The first-order valence-corrected chi connectivity index (χ1v) is 4.48. The van der Waals surface area contributed by atoms with Crippen molar-refractivity contribution in [3.63, 3.8) is 0 Å². The van der Waals surface area contributed by atoms with Gasteiger partial charge in [0, 0.05) is 16.2 Å². The Labute approximate surface area is 82.1 Å². The fourth-order valence-corrected chi connectivity index (χ4v) is 1.62. The summed E-state index contributed by atoms with van der Waals surface area (Å²) in [6, 6.07) is 2.17. The van der Waals surface area contributed by atoms with E-state index < -0.39 is 0 Å². The summed E-state index contributed by atoms with van der Waals surface area (Å²) in [6.45, 7) is 4.13. The normalized spacial score (nSPS) is 17.9. The molecule has 0 bridgehead atoms. The first kappa shape index (κ1) is 8.76. The van der Waals surface area contributed by atoms with Gasteiger partial charge in [-0.3, -0.25) is 5.10 Å². The van der Waals surface area contributed by atoms with Crippen LogP contribution >= 0.6 is 0 Å². The van der Waals surface area contributed by atoms with Crippen molar-refractivity contribution in [2.75, 3.05) is 0 Å². The van der Waals surface area contributed by atoms with Gasteiger partial charge in [-0.05, 0) is 12.2 Å². The summed E-state index contributed by atoms with van der Waals surface area (Å²) in [5.74, 6) is 0. The van der Waals surface area contributed by atoms with E-state index >= 15 is 0 Å². The lowest BCUT2D eigenvalue weighted by molar-refractivity contribution is 0.666. The number of fused-ring (bicyclic) bond motifs is 1. The van der Waals surface area contributed by atoms with Crippen LogP contribution in [0.4, 0.5) is 0 Å². The van der Waals surface area contributed by atoms with Gasteiger partial charge in [0.2, 0.25) is 0 Å². The first-order valence-electron chi connectivity index (χ1n) is 4.48. The molecule has 0 atom stereocenters. The highest BCUT2D eigenvalue weighted by Crippen LogP contribution is 2.22.